The molecule has 2 heterocycles. The monoisotopic (exact) mass is 346 g/mol. The predicted octanol–water partition coefficient (Wildman–Crippen LogP) is -2.38. The Kier molecular flexibility index (Phi) is 8.85. The summed E-state index contributed by atoms with van der Waals surface area (Å²) in [5.41, 5.74) is 0. The Bertz CT molecular complexity index is 314. The summed E-state index contributed by atoms with van der Waals surface area (Å²) in [6, 6.07) is 0. The fraction of sp³-hybridized carbons (Fsp3) is 1.00. The summed E-state index contributed by atoms with van der Waals surface area (Å²) in [4.78, 5) is 9.16. The summed E-state index contributed by atoms with van der Waals surface area (Å²) in [7, 11) is 0. The van der Waals surface area contributed by atoms with Gasteiger partial charge in [0, 0.05) is 52.4 Å². The van der Waals surface area contributed by atoms with Gasteiger partial charge in [-0.3, -0.25) is 9.80 Å². The van der Waals surface area contributed by atoms with Crippen LogP contribution in [0.3, 0.4) is 0 Å². The van der Waals surface area contributed by atoms with Crippen LogP contribution in [-0.2, 0) is 0 Å². The number of nitrogens with zero attached hydrogens (tertiary/aromatic N) is 4. The van der Waals surface area contributed by atoms with Gasteiger partial charge in [-0.05, 0) is 39.0 Å². The van der Waals surface area contributed by atoms with E-state index in [1.54, 1.807) is 0 Å². The molecule has 8 nitrogen and oxygen atoms in total. The first-order valence-electron chi connectivity index (χ1n) is 9.14. The number of fused-ring (bicyclic) bond motifs is 3. The van der Waals surface area contributed by atoms with Gasteiger partial charge in [0.05, 0.1) is 0 Å². The molecule has 2 atom stereocenters. The second kappa shape index (κ2) is 10.6. The number of β-amino-alcohol motifs (C(OH)–C–C–N with tert-alkyl or cyclic N) is 4. The normalized spacial score (nSPS) is 29.2. The zero-order valence-corrected chi connectivity index (χ0v) is 14.6. The second-order valence-corrected chi connectivity index (χ2v) is 6.95. The summed E-state index contributed by atoms with van der Waals surface area (Å²) in [6.07, 6.45) is -0.519. The highest BCUT2D eigenvalue weighted by molar-refractivity contribution is 4.74. The molecule has 0 aliphatic carbocycles. The van der Waals surface area contributed by atoms with Crippen molar-refractivity contribution in [3.63, 3.8) is 0 Å². The van der Waals surface area contributed by atoms with E-state index < -0.39 is 12.6 Å². The summed E-state index contributed by atoms with van der Waals surface area (Å²) >= 11 is 0. The van der Waals surface area contributed by atoms with Crippen LogP contribution in [0.2, 0.25) is 0 Å². The van der Waals surface area contributed by atoms with Gasteiger partial charge in [0.1, 0.15) is 0 Å². The number of aliphatic hydroxyl groups excluding tert-OH is 2. The molecule has 142 valence electrons. The van der Waals surface area contributed by atoms with Crippen LogP contribution in [0.4, 0.5) is 0 Å². The van der Waals surface area contributed by atoms with E-state index in [0.29, 0.717) is 13.1 Å². The van der Waals surface area contributed by atoms with Crippen molar-refractivity contribution in [3.8, 4) is 0 Å². The van der Waals surface area contributed by atoms with Crippen LogP contribution in [0.1, 0.15) is 12.8 Å². The molecule has 0 aromatic rings. The van der Waals surface area contributed by atoms with Gasteiger partial charge >= 0.3 is 0 Å². The van der Waals surface area contributed by atoms with Crippen molar-refractivity contribution in [1.82, 2.24) is 19.6 Å². The highest BCUT2D eigenvalue weighted by Crippen LogP contribution is 2.06. The molecule has 2 unspecified atom stereocenters. The van der Waals surface area contributed by atoms with Gasteiger partial charge in [-0.1, -0.05) is 0 Å². The number of hydrogen-bond acceptors (Lipinski definition) is 8. The second-order valence-electron chi connectivity index (χ2n) is 6.95. The zero-order valence-electron chi connectivity index (χ0n) is 14.6. The van der Waals surface area contributed by atoms with Crippen LogP contribution in [-0.4, -0.2) is 131 Å². The largest absolute Gasteiger partial charge is 0.367 e. The van der Waals surface area contributed by atoms with E-state index in [2.05, 4.69) is 19.6 Å². The zero-order chi connectivity index (χ0) is 17.4. The molecule has 0 spiro atoms. The van der Waals surface area contributed by atoms with Crippen LogP contribution in [0.15, 0.2) is 0 Å². The number of hydrogen-bond donors (Lipinski definition) is 4. The van der Waals surface area contributed by atoms with Crippen LogP contribution in [0.5, 0.6) is 0 Å². The van der Waals surface area contributed by atoms with Crippen molar-refractivity contribution >= 4 is 0 Å². The van der Waals surface area contributed by atoms with Gasteiger partial charge < -0.3 is 30.2 Å². The molecule has 0 aromatic carbocycles. The van der Waals surface area contributed by atoms with Gasteiger partial charge in [0.25, 0.3) is 0 Å². The smallest absolute Gasteiger partial charge is 0.164 e. The molecule has 24 heavy (non-hydrogen) atoms. The minimum atomic E-state index is -1.27. The van der Waals surface area contributed by atoms with E-state index in [1.807, 2.05) is 0 Å². The van der Waals surface area contributed by atoms with Crippen LogP contribution < -0.4 is 0 Å². The van der Waals surface area contributed by atoms with Crippen molar-refractivity contribution in [2.45, 2.75) is 25.4 Å². The Morgan fingerprint density at radius 3 is 1.25 bits per heavy atom. The summed E-state index contributed by atoms with van der Waals surface area (Å²) in [6.45, 7) is 10.0. The van der Waals surface area contributed by atoms with Crippen molar-refractivity contribution in [2.75, 3.05) is 78.5 Å². The van der Waals surface area contributed by atoms with E-state index in [0.717, 1.165) is 78.3 Å². The first-order valence-corrected chi connectivity index (χ1v) is 9.14. The maximum Gasteiger partial charge on any atom is 0.164 e. The minimum Gasteiger partial charge on any atom is -0.367 e. The Morgan fingerprint density at radius 1 is 0.500 bits per heavy atom. The first-order chi connectivity index (χ1) is 11.5. The lowest BCUT2D eigenvalue weighted by Gasteiger charge is -2.36. The Labute approximate surface area is 144 Å². The molecule has 8 heteroatoms. The van der Waals surface area contributed by atoms with Gasteiger partial charge in [-0.15, -0.1) is 0 Å². The summed E-state index contributed by atoms with van der Waals surface area (Å²) in [5.74, 6) is 0. The molecular weight excluding hydrogens is 312 g/mol. The topological polar surface area (TPSA) is 93.9 Å². The van der Waals surface area contributed by atoms with E-state index in [9.17, 15) is 20.4 Å². The quantitative estimate of drug-likeness (QED) is 0.420. The van der Waals surface area contributed by atoms with E-state index in [1.165, 1.54) is 0 Å². The Balaban J connectivity index is 1.94. The molecule has 2 aliphatic heterocycles. The van der Waals surface area contributed by atoms with Gasteiger partial charge in [-0.2, -0.15) is 0 Å². The van der Waals surface area contributed by atoms with E-state index >= 15 is 0 Å². The van der Waals surface area contributed by atoms with Crippen LogP contribution in [0, 0.1) is 0 Å². The van der Waals surface area contributed by atoms with Crippen molar-refractivity contribution in [1.29, 1.82) is 0 Å². The van der Waals surface area contributed by atoms with Gasteiger partial charge in [0.2, 0.25) is 0 Å². The maximum atomic E-state index is 9.25. The average molecular weight is 346 g/mol. The molecule has 0 aromatic heterocycles. The van der Waals surface area contributed by atoms with Gasteiger partial charge in [-0.25, -0.2) is 0 Å². The fourth-order valence-corrected chi connectivity index (χ4v) is 3.61. The minimum absolute atomic E-state index is 0.315. The third-order valence-electron chi connectivity index (χ3n) is 4.94. The van der Waals surface area contributed by atoms with Gasteiger partial charge in [0.15, 0.2) is 12.6 Å². The Morgan fingerprint density at radius 2 is 0.875 bits per heavy atom. The lowest BCUT2D eigenvalue weighted by Crippen LogP contribution is -2.48. The SMILES string of the molecule is OC(O)CN1CCCN2CCN(CCCN(CC(O)O)CC2)CC1. The first kappa shape index (κ1) is 20.0. The molecule has 0 amide bonds. The molecule has 2 aliphatic rings. The third kappa shape index (κ3) is 7.71. The lowest BCUT2D eigenvalue weighted by atomic mass is 10.2. The predicted molar refractivity (Wildman–Crippen MR) is 91.4 cm³/mol. The van der Waals surface area contributed by atoms with Crippen molar-refractivity contribution < 1.29 is 20.4 Å². The maximum absolute atomic E-state index is 9.25. The van der Waals surface area contributed by atoms with Crippen molar-refractivity contribution in [2.24, 2.45) is 0 Å². The molecule has 0 saturated carbocycles. The molecule has 2 rings (SSSR count). The highest BCUT2D eigenvalue weighted by atomic mass is 16.5. The molecule has 2 saturated heterocycles. The van der Waals surface area contributed by atoms with Crippen molar-refractivity contribution in [3.05, 3.63) is 0 Å². The Hall–Kier alpha value is -0.320. The fourth-order valence-electron chi connectivity index (χ4n) is 3.61. The molecule has 2 fully saturated rings. The van der Waals surface area contributed by atoms with Crippen LogP contribution >= 0.6 is 0 Å². The summed E-state index contributed by atoms with van der Waals surface area (Å²) in [5, 5.41) is 37.0. The van der Waals surface area contributed by atoms with E-state index in [4.69, 9.17) is 0 Å². The average Bonchev–Trinajstić information content (AvgIpc) is 2.51. The standard InChI is InChI=1S/C16H34N4O4/c21-15(22)13-19-5-1-3-17-7-8-18(10-11-19)4-2-6-20(12-9-17)14-16(23)24/h15-16,21-24H,1-14H2. The molecule has 2 bridgehead atoms. The molecule has 4 N–H and O–H groups in total. The van der Waals surface area contributed by atoms with E-state index in [-0.39, 0.29) is 0 Å². The molecule has 0 radical (unpaired) electrons. The molecular formula is C16H34N4O4. The highest BCUT2D eigenvalue weighted by Gasteiger charge is 2.19. The van der Waals surface area contributed by atoms with Crippen LogP contribution in [0.25, 0.3) is 0 Å². The number of aliphatic hydroxyl groups is 4. The lowest BCUT2D eigenvalue weighted by molar-refractivity contribution is -0.0660. The summed E-state index contributed by atoms with van der Waals surface area (Å²) < 4.78 is 0. The number of rotatable bonds is 4. The third-order valence-corrected chi connectivity index (χ3v) is 4.94.